The van der Waals surface area contributed by atoms with Gasteiger partial charge in [-0.05, 0) is 30.7 Å². The summed E-state index contributed by atoms with van der Waals surface area (Å²) in [7, 11) is 0. The van der Waals surface area contributed by atoms with Crippen molar-refractivity contribution in [1.29, 1.82) is 0 Å². The molecule has 0 unspecified atom stereocenters. The number of carboxylic acid groups (broad SMARTS) is 1. The minimum absolute atomic E-state index is 0.198. The van der Waals surface area contributed by atoms with E-state index >= 15 is 0 Å². The van der Waals surface area contributed by atoms with Crippen LogP contribution in [0.25, 0.3) is 0 Å². The lowest BCUT2D eigenvalue weighted by Crippen LogP contribution is -2.26. The van der Waals surface area contributed by atoms with Gasteiger partial charge in [-0.15, -0.1) is 0 Å². The fraction of sp³-hybridized carbons (Fsp3) is 0.200. The van der Waals surface area contributed by atoms with Crippen molar-refractivity contribution < 1.29 is 23.9 Å². The van der Waals surface area contributed by atoms with Crippen molar-refractivity contribution in [2.75, 3.05) is 6.61 Å². The Kier molecular flexibility index (Phi) is 3.96. The monoisotopic (exact) mass is 227 g/mol. The molecule has 1 aromatic carbocycles. The molecule has 0 saturated carbocycles. The summed E-state index contributed by atoms with van der Waals surface area (Å²) >= 11 is 0. The van der Waals surface area contributed by atoms with E-state index < -0.39 is 24.3 Å². The first kappa shape index (κ1) is 12.1. The topological polar surface area (TPSA) is 75.6 Å². The molecule has 0 heterocycles. The molecule has 16 heavy (non-hydrogen) atoms. The largest absolute Gasteiger partial charge is 0.479 e. The molecule has 0 aliphatic rings. The third kappa shape index (κ3) is 3.32. The number of carbonyl (C=O) groups excluding carboxylic acids is 1. The zero-order chi connectivity index (χ0) is 12.1. The van der Waals surface area contributed by atoms with Crippen LogP contribution in [0.3, 0.4) is 0 Å². The highest BCUT2D eigenvalue weighted by Gasteiger charge is 2.08. The van der Waals surface area contributed by atoms with Gasteiger partial charge in [-0.3, -0.25) is 9.63 Å². The highest BCUT2D eigenvalue weighted by atomic mass is 19.1. The predicted molar refractivity (Wildman–Crippen MR) is 52.2 cm³/mol. The first-order chi connectivity index (χ1) is 7.50. The molecule has 2 N–H and O–H groups in total. The van der Waals surface area contributed by atoms with Crippen LogP contribution in [0, 0.1) is 12.7 Å². The highest BCUT2D eigenvalue weighted by Crippen LogP contribution is 2.08. The molecule has 1 amide bonds. The Labute approximate surface area is 90.8 Å². The molecule has 0 atom stereocenters. The number of hydrogen-bond donors (Lipinski definition) is 2. The van der Waals surface area contributed by atoms with Crippen molar-refractivity contribution >= 4 is 11.9 Å². The summed E-state index contributed by atoms with van der Waals surface area (Å²) in [4.78, 5) is 25.8. The van der Waals surface area contributed by atoms with Gasteiger partial charge in [-0.1, -0.05) is 0 Å². The van der Waals surface area contributed by atoms with Gasteiger partial charge in [0.15, 0.2) is 6.61 Å². The van der Waals surface area contributed by atoms with E-state index in [2.05, 4.69) is 4.84 Å². The molecule has 0 aromatic heterocycles. The van der Waals surface area contributed by atoms with Crippen molar-refractivity contribution in [2.45, 2.75) is 6.92 Å². The summed E-state index contributed by atoms with van der Waals surface area (Å²) in [5.41, 5.74) is 2.46. The summed E-state index contributed by atoms with van der Waals surface area (Å²) in [6.07, 6.45) is 0. The number of aryl methyl sites for hydroxylation is 1. The molecule has 0 radical (unpaired) electrons. The number of halogens is 1. The number of carboxylic acids is 1. The Morgan fingerprint density at radius 3 is 2.75 bits per heavy atom. The van der Waals surface area contributed by atoms with Gasteiger partial charge in [0.2, 0.25) is 0 Å². The van der Waals surface area contributed by atoms with Crippen molar-refractivity contribution in [3.63, 3.8) is 0 Å². The number of amides is 1. The molecule has 1 aromatic rings. The van der Waals surface area contributed by atoms with Crippen LogP contribution in [0.15, 0.2) is 18.2 Å². The molecular weight excluding hydrogens is 217 g/mol. The third-order valence-corrected chi connectivity index (χ3v) is 1.78. The minimum atomic E-state index is -1.20. The van der Waals surface area contributed by atoms with Gasteiger partial charge >= 0.3 is 5.97 Å². The van der Waals surface area contributed by atoms with E-state index in [1.54, 1.807) is 0 Å². The maximum Gasteiger partial charge on any atom is 0.332 e. The summed E-state index contributed by atoms with van der Waals surface area (Å²) < 4.78 is 12.9. The number of aliphatic carboxylic acids is 1. The molecule has 0 saturated heterocycles. The smallest absolute Gasteiger partial charge is 0.332 e. The zero-order valence-electron chi connectivity index (χ0n) is 8.49. The summed E-state index contributed by atoms with van der Waals surface area (Å²) in [5, 5.41) is 8.25. The molecule has 0 aliphatic heterocycles. The van der Waals surface area contributed by atoms with Gasteiger partial charge in [0.25, 0.3) is 5.91 Å². The number of nitrogens with one attached hydrogen (secondary N) is 1. The molecule has 0 aliphatic carbocycles. The van der Waals surface area contributed by atoms with Gasteiger partial charge in [0.05, 0.1) is 0 Å². The van der Waals surface area contributed by atoms with Crippen LogP contribution >= 0.6 is 0 Å². The van der Waals surface area contributed by atoms with Crippen LogP contribution in [0.1, 0.15) is 15.9 Å². The SMILES string of the molecule is Cc1cc(C(=O)NOCC(=O)O)ccc1F. The molecular formula is C10H10FNO4. The number of hydrogen-bond acceptors (Lipinski definition) is 3. The zero-order valence-corrected chi connectivity index (χ0v) is 8.49. The second-order valence-corrected chi connectivity index (χ2v) is 3.08. The predicted octanol–water partition coefficient (Wildman–Crippen LogP) is 0.880. The van der Waals surface area contributed by atoms with E-state index in [0.717, 1.165) is 6.07 Å². The van der Waals surface area contributed by atoms with Gasteiger partial charge < -0.3 is 5.11 Å². The Hall–Kier alpha value is -1.95. The van der Waals surface area contributed by atoms with Gasteiger partial charge in [-0.2, -0.15) is 0 Å². The van der Waals surface area contributed by atoms with E-state index in [1.807, 2.05) is 5.48 Å². The second kappa shape index (κ2) is 5.22. The molecule has 0 fully saturated rings. The minimum Gasteiger partial charge on any atom is -0.479 e. The molecule has 6 heteroatoms. The van der Waals surface area contributed by atoms with E-state index in [1.165, 1.54) is 19.1 Å². The molecule has 0 spiro atoms. The van der Waals surface area contributed by atoms with E-state index in [9.17, 15) is 14.0 Å². The van der Waals surface area contributed by atoms with Gasteiger partial charge in [-0.25, -0.2) is 14.7 Å². The molecule has 86 valence electrons. The van der Waals surface area contributed by atoms with Crippen LogP contribution in [-0.2, 0) is 9.63 Å². The van der Waals surface area contributed by atoms with Crippen LogP contribution < -0.4 is 5.48 Å². The molecule has 5 nitrogen and oxygen atoms in total. The van der Waals surface area contributed by atoms with E-state index in [4.69, 9.17) is 5.11 Å². The standard InChI is InChI=1S/C10H10FNO4/c1-6-4-7(2-3-8(6)11)10(15)12-16-5-9(13)14/h2-4H,5H2,1H3,(H,12,15)(H,13,14). The normalized spacial score (nSPS) is 9.88. The van der Waals surface area contributed by atoms with Crippen molar-refractivity contribution in [3.8, 4) is 0 Å². The Balaban J connectivity index is 2.59. The average Bonchev–Trinajstić information content (AvgIpc) is 2.21. The van der Waals surface area contributed by atoms with Crippen molar-refractivity contribution in [1.82, 2.24) is 5.48 Å². The molecule has 1 rings (SSSR count). The molecule has 0 bridgehead atoms. The third-order valence-electron chi connectivity index (χ3n) is 1.78. The number of hydroxylamine groups is 1. The van der Waals surface area contributed by atoms with Crippen molar-refractivity contribution in [2.24, 2.45) is 0 Å². The first-order valence-electron chi connectivity index (χ1n) is 4.41. The first-order valence-corrected chi connectivity index (χ1v) is 4.41. The summed E-state index contributed by atoms with van der Waals surface area (Å²) in [6.45, 7) is 0.885. The fourth-order valence-corrected chi connectivity index (χ4v) is 1.01. The quantitative estimate of drug-likeness (QED) is 0.748. The second-order valence-electron chi connectivity index (χ2n) is 3.08. The van der Waals surface area contributed by atoms with Crippen molar-refractivity contribution in [3.05, 3.63) is 35.1 Å². The van der Waals surface area contributed by atoms with Crippen LogP contribution in [0.2, 0.25) is 0 Å². The Morgan fingerprint density at radius 2 is 2.19 bits per heavy atom. The van der Waals surface area contributed by atoms with Crippen LogP contribution in [0.5, 0.6) is 0 Å². The average molecular weight is 227 g/mol. The Bertz CT molecular complexity index is 419. The van der Waals surface area contributed by atoms with E-state index in [-0.39, 0.29) is 5.56 Å². The van der Waals surface area contributed by atoms with Gasteiger partial charge in [0.1, 0.15) is 5.82 Å². The Morgan fingerprint density at radius 1 is 1.50 bits per heavy atom. The van der Waals surface area contributed by atoms with Crippen LogP contribution in [0.4, 0.5) is 4.39 Å². The number of rotatable bonds is 4. The fourth-order valence-electron chi connectivity index (χ4n) is 1.01. The maximum absolute atomic E-state index is 12.9. The highest BCUT2D eigenvalue weighted by molar-refractivity contribution is 5.93. The van der Waals surface area contributed by atoms with Crippen LogP contribution in [-0.4, -0.2) is 23.6 Å². The summed E-state index contributed by atoms with van der Waals surface area (Å²) in [5.74, 6) is -2.23. The lowest BCUT2D eigenvalue weighted by Gasteiger charge is -2.04. The maximum atomic E-state index is 12.9. The number of carbonyl (C=O) groups is 2. The lowest BCUT2D eigenvalue weighted by atomic mass is 10.1. The number of benzene rings is 1. The van der Waals surface area contributed by atoms with Gasteiger partial charge in [0, 0.05) is 5.56 Å². The lowest BCUT2D eigenvalue weighted by molar-refractivity contribution is -0.144. The van der Waals surface area contributed by atoms with E-state index in [0.29, 0.717) is 5.56 Å². The summed E-state index contributed by atoms with van der Waals surface area (Å²) in [6, 6.07) is 3.78.